The number of benzene rings is 2. The molecular formula is C18H16ClN3O2S3. The van der Waals surface area contributed by atoms with Gasteiger partial charge in [-0.05, 0) is 60.4 Å². The van der Waals surface area contributed by atoms with Crippen molar-refractivity contribution in [2.45, 2.75) is 11.1 Å². The zero-order valence-corrected chi connectivity index (χ0v) is 17.4. The van der Waals surface area contributed by atoms with Gasteiger partial charge in [0.25, 0.3) is 10.0 Å². The van der Waals surface area contributed by atoms with Crippen LogP contribution in [0.25, 0.3) is 0 Å². The van der Waals surface area contributed by atoms with E-state index < -0.39 is 10.0 Å². The minimum Gasteiger partial charge on any atom is -0.332 e. The molecule has 0 saturated heterocycles. The van der Waals surface area contributed by atoms with Crippen molar-refractivity contribution in [1.29, 1.82) is 0 Å². The maximum atomic E-state index is 12.5. The molecule has 2 aromatic carbocycles. The van der Waals surface area contributed by atoms with Crippen LogP contribution in [0.2, 0.25) is 5.02 Å². The SMILES string of the molecule is Cc1ccc(NC(=S)Nc2ccccc2NS(=O)(=O)c2cccs2)cc1Cl. The molecule has 0 unspecified atom stereocenters. The van der Waals surface area contributed by atoms with Crippen LogP contribution in [0, 0.1) is 6.92 Å². The third kappa shape index (κ3) is 4.98. The average molecular weight is 438 g/mol. The third-order valence-corrected chi connectivity index (χ3v) is 6.98. The summed E-state index contributed by atoms with van der Waals surface area (Å²) in [6.07, 6.45) is 0. The van der Waals surface area contributed by atoms with Crippen molar-refractivity contribution in [3.63, 3.8) is 0 Å². The Balaban J connectivity index is 1.75. The molecule has 0 radical (unpaired) electrons. The summed E-state index contributed by atoms with van der Waals surface area (Å²) >= 11 is 12.6. The number of anilines is 3. The number of nitrogens with one attached hydrogen (secondary N) is 3. The normalized spacial score (nSPS) is 11.0. The maximum absolute atomic E-state index is 12.5. The number of thiocarbonyl (C=S) groups is 1. The Labute approximate surface area is 172 Å². The second-order valence-corrected chi connectivity index (χ2v) is 9.30. The molecule has 3 aromatic rings. The lowest BCUT2D eigenvalue weighted by molar-refractivity contribution is 0.603. The molecule has 0 aliphatic rings. The molecule has 0 amide bonds. The minimum atomic E-state index is -3.65. The maximum Gasteiger partial charge on any atom is 0.271 e. The first kappa shape index (κ1) is 19.6. The highest BCUT2D eigenvalue weighted by Crippen LogP contribution is 2.26. The van der Waals surface area contributed by atoms with E-state index in [9.17, 15) is 8.42 Å². The van der Waals surface area contributed by atoms with Crippen LogP contribution in [0.1, 0.15) is 5.56 Å². The van der Waals surface area contributed by atoms with E-state index in [0.717, 1.165) is 22.6 Å². The van der Waals surface area contributed by atoms with E-state index in [1.165, 1.54) is 0 Å². The second kappa shape index (κ2) is 8.26. The van der Waals surface area contributed by atoms with Crippen LogP contribution in [-0.4, -0.2) is 13.5 Å². The van der Waals surface area contributed by atoms with Crippen molar-refractivity contribution in [3.05, 3.63) is 70.6 Å². The number of aryl methyl sites for hydroxylation is 1. The molecular weight excluding hydrogens is 422 g/mol. The van der Waals surface area contributed by atoms with Gasteiger partial charge >= 0.3 is 0 Å². The topological polar surface area (TPSA) is 70.2 Å². The van der Waals surface area contributed by atoms with Crippen molar-refractivity contribution in [1.82, 2.24) is 0 Å². The standard InChI is InChI=1S/C18H16ClN3O2S3/c1-12-8-9-13(11-14(12)19)20-18(25)21-15-5-2-3-6-16(15)22-27(23,24)17-7-4-10-26-17/h2-11,22H,1H3,(H2,20,21,25). The Kier molecular flexibility index (Phi) is 6.01. The number of thiophene rings is 1. The fourth-order valence-corrected chi connectivity index (χ4v) is 4.73. The van der Waals surface area contributed by atoms with Gasteiger partial charge in [-0.25, -0.2) is 8.42 Å². The number of hydrogen-bond donors (Lipinski definition) is 3. The Hall–Kier alpha value is -2.13. The highest BCUT2D eigenvalue weighted by molar-refractivity contribution is 7.94. The Bertz CT molecular complexity index is 1070. The van der Waals surface area contributed by atoms with Gasteiger partial charge in [-0.2, -0.15) is 0 Å². The van der Waals surface area contributed by atoms with Gasteiger partial charge in [-0.15, -0.1) is 11.3 Å². The van der Waals surface area contributed by atoms with E-state index in [0.29, 0.717) is 21.5 Å². The molecule has 0 spiro atoms. The predicted octanol–water partition coefficient (Wildman–Crippen LogP) is 5.32. The van der Waals surface area contributed by atoms with Crippen molar-refractivity contribution in [3.8, 4) is 0 Å². The first-order valence-electron chi connectivity index (χ1n) is 7.85. The first-order chi connectivity index (χ1) is 12.8. The molecule has 0 bridgehead atoms. The lowest BCUT2D eigenvalue weighted by atomic mass is 10.2. The lowest BCUT2D eigenvalue weighted by Crippen LogP contribution is -2.21. The van der Waals surface area contributed by atoms with Crippen LogP contribution >= 0.6 is 35.2 Å². The predicted molar refractivity (Wildman–Crippen MR) is 118 cm³/mol. The highest BCUT2D eigenvalue weighted by Gasteiger charge is 2.17. The molecule has 0 aliphatic heterocycles. The fraction of sp³-hybridized carbons (Fsp3) is 0.0556. The molecule has 140 valence electrons. The second-order valence-electron chi connectivity index (χ2n) is 5.63. The van der Waals surface area contributed by atoms with Crippen LogP contribution < -0.4 is 15.4 Å². The summed E-state index contributed by atoms with van der Waals surface area (Å²) in [5, 5.41) is 8.71. The first-order valence-corrected chi connectivity index (χ1v) is 11.0. The number of halogens is 1. The summed E-state index contributed by atoms with van der Waals surface area (Å²) in [6.45, 7) is 1.92. The molecule has 0 fully saturated rings. The van der Waals surface area contributed by atoms with Crippen molar-refractivity contribution < 1.29 is 8.42 Å². The highest BCUT2D eigenvalue weighted by atomic mass is 35.5. The lowest BCUT2D eigenvalue weighted by Gasteiger charge is -2.15. The Morgan fingerprint density at radius 2 is 1.78 bits per heavy atom. The Morgan fingerprint density at radius 3 is 2.44 bits per heavy atom. The molecule has 1 aromatic heterocycles. The zero-order valence-electron chi connectivity index (χ0n) is 14.2. The van der Waals surface area contributed by atoms with Gasteiger partial charge < -0.3 is 10.6 Å². The monoisotopic (exact) mass is 437 g/mol. The number of hydrogen-bond acceptors (Lipinski definition) is 4. The summed E-state index contributed by atoms with van der Waals surface area (Å²) in [7, 11) is -3.65. The summed E-state index contributed by atoms with van der Waals surface area (Å²) in [4.78, 5) is 0. The van der Waals surface area contributed by atoms with Gasteiger partial charge in [0, 0.05) is 10.7 Å². The minimum absolute atomic E-state index is 0.243. The number of rotatable bonds is 5. The van der Waals surface area contributed by atoms with Crippen LogP contribution in [-0.2, 0) is 10.0 Å². The van der Waals surface area contributed by atoms with Gasteiger partial charge in [0.15, 0.2) is 5.11 Å². The smallest absolute Gasteiger partial charge is 0.271 e. The van der Waals surface area contributed by atoms with Crippen molar-refractivity contribution in [2.75, 3.05) is 15.4 Å². The average Bonchev–Trinajstić information content (AvgIpc) is 3.15. The molecule has 27 heavy (non-hydrogen) atoms. The van der Waals surface area contributed by atoms with E-state index in [1.807, 2.05) is 19.1 Å². The molecule has 0 atom stereocenters. The quantitative estimate of drug-likeness (QED) is 0.471. The molecule has 3 rings (SSSR count). The van der Waals surface area contributed by atoms with Gasteiger partial charge in [0.05, 0.1) is 11.4 Å². The molecule has 5 nitrogen and oxygen atoms in total. The Morgan fingerprint density at radius 1 is 1.04 bits per heavy atom. The molecule has 0 aliphatic carbocycles. The number of sulfonamides is 1. The van der Waals surface area contributed by atoms with Gasteiger partial charge in [0.1, 0.15) is 4.21 Å². The molecule has 1 heterocycles. The fourth-order valence-electron chi connectivity index (χ4n) is 2.25. The van der Waals surface area contributed by atoms with Crippen LogP contribution in [0.5, 0.6) is 0 Å². The van der Waals surface area contributed by atoms with E-state index in [1.54, 1.807) is 47.8 Å². The van der Waals surface area contributed by atoms with E-state index in [2.05, 4.69) is 15.4 Å². The van der Waals surface area contributed by atoms with Crippen LogP contribution in [0.4, 0.5) is 17.1 Å². The van der Waals surface area contributed by atoms with E-state index in [4.69, 9.17) is 23.8 Å². The molecule has 0 saturated carbocycles. The van der Waals surface area contributed by atoms with Gasteiger partial charge in [0.2, 0.25) is 0 Å². The molecule has 9 heteroatoms. The zero-order chi connectivity index (χ0) is 19.4. The summed E-state index contributed by atoms with van der Waals surface area (Å²) in [6, 6.07) is 15.7. The van der Waals surface area contributed by atoms with Crippen LogP contribution in [0.3, 0.4) is 0 Å². The summed E-state index contributed by atoms with van der Waals surface area (Å²) < 4.78 is 27.8. The van der Waals surface area contributed by atoms with Crippen LogP contribution in [0.15, 0.2) is 64.2 Å². The molecule has 3 N–H and O–H groups in total. The van der Waals surface area contributed by atoms with E-state index >= 15 is 0 Å². The van der Waals surface area contributed by atoms with Crippen molar-refractivity contribution >= 4 is 67.4 Å². The third-order valence-electron chi connectivity index (χ3n) is 3.61. The summed E-state index contributed by atoms with van der Waals surface area (Å²) in [5.74, 6) is 0. The van der Waals surface area contributed by atoms with Gasteiger partial charge in [-0.3, -0.25) is 4.72 Å². The van der Waals surface area contributed by atoms with Gasteiger partial charge in [-0.1, -0.05) is 35.9 Å². The number of para-hydroxylation sites is 2. The van der Waals surface area contributed by atoms with E-state index in [-0.39, 0.29) is 4.21 Å². The van der Waals surface area contributed by atoms with Crippen molar-refractivity contribution in [2.24, 2.45) is 0 Å². The summed E-state index contributed by atoms with van der Waals surface area (Å²) in [5.41, 5.74) is 2.64. The largest absolute Gasteiger partial charge is 0.332 e.